The van der Waals surface area contributed by atoms with Crippen LogP contribution in [0.4, 0.5) is 24.5 Å². The van der Waals surface area contributed by atoms with Gasteiger partial charge in [-0.25, -0.2) is 0 Å². The molecule has 0 heterocycles. The zero-order chi connectivity index (χ0) is 15.7. The highest BCUT2D eigenvalue weighted by Gasteiger charge is 2.37. The van der Waals surface area contributed by atoms with Gasteiger partial charge < -0.3 is 0 Å². The third kappa shape index (κ3) is 3.45. The van der Waals surface area contributed by atoms with Crippen LogP contribution in [0.15, 0.2) is 18.2 Å². The molecule has 1 rings (SSSR count). The van der Waals surface area contributed by atoms with E-state index in [1.807, 2.05) is 0 Å². The summed E-state index contributed by atoms with van der Waals surface area (Å²) in [5.41, 5.74) is -1.80. The van der Waals surface area contributed by atoms with Crippen LogP contribution in [-0.4, -0.2) is 17.6 Å². The highest BCUT2D eigenvalue weighted by atomic mass is 31.1. The van der Waals surface area contributed by atoms with Crippen LogP contribution in [0.25, 0.3) is 0 Å². The third-order valence-electron chi connectivity index (χ3n) is 2.54. The minimum Gasteiger partial charge on any atom is -0.258 e. The van der Waals surface area contributed by atoms with Crippen LogP contribution in [0.1, 0.15) is 19.4 Å². The second-order valence-corrected chi connectivity index (χ2v) is 5.72. The SMILES string of the molecule is CC(C)N(c1cc(C(F)(F)F)ccc1[N+](=O)[O-])[P+](C)=O. The van der Waals surface area contributed by atoms with E-state index < -0.39 is 36.3 Å². The number of hydrogen-bond donors (Lipinski definition) is 0. The minimum absolute atomic E-state index is 0.288. The van der Waals surface area contributed by atoms with Crippen molar-refractivity contribution in [3.05, 3.63) is 33.9 Å². The van der Waals surface area contributed by atoms with Crippen LogP contribution in [0, 0.1) is 10.1 Å². The molecule has 0 bridgehead atoms. The molecule has 0 saturated heterocycles. The molecule has 0 N–H and O–H groups in total. The normalized spacial score (nSPS) is 12.4. The number of benzene rings is 1. The first kappa shape index (κ1) is 16.4. The molecule has 1 aromatic rings. The average Bonchev–Trinajstić information content (AvgIpc) is 2.26. The average molecular weight is 309 g/mol. The Labute approximate surface area is 114 Å². The van der Waals surface area contributed by atoms with Gasteiger partial charge >= 0.3 is 14.1 Å². The molecule has 0 radical (unpaired) electrons. The predicted octanol–water partition coefficient (Wildman–Crippen LogP) is 4.20. The molecular formula is C11H13F3N2O3P+. The van der Waals surface area contributed by atoms with E-state index in [0.29, 0.717) is 12.1 Å². The van der Waals surface area contributed by atoms with Gasteiger partial charge in [-0.3, -0.25) is 10.1 Å². The quantitative estimate of drug-likeness (QED) is 0.475. The molecule has 1 atom stereocenters. The fourth-order valence-corrected chi connectivity index (χ4v) is 2.91. The lowest BCUT2D eigenvalue weighted by Crippen LogP contribution is -2.24. The van der Waals surface area contributed by atoms with Crippen LogP contribution in [0.5, 0.6) is 0 Å². The molecule has 0 aliphatic heterocycles. The minimum atomic E-state index is -4.62. The predicted molar refractivity (Wildman–Crippen MR) is 69.2 cm³/mol. The highest BCUT2D eigenvalue weighted by Crippen LogP contribution is 2.42. The Morgan fingerprint density at radius 1 is 1.35 bits per heavy atom. The van der Waals surface area contributed by atoms with Crippen molar-refractivity contribution < 1.29 is 22.7 Å². The molecular weight excluding hydrogens is 296 g/mol. The number of nitro benzene ring substituents is 1. The maximum atomic E-state index is 12.7. The Balaban J connectivity index is 3.54. The molecule has 110 valence electrons. The maximum absolute atomic E-state index is 12.7. The number of anilines is 1. The van der Waals surface area contributed by atoms with Gasteiger partial charge in [0.2, 0.25) is 0 Å². The molecule has 0 amide bonds. The fraction of sp³-hybridized carbons (Fsp3) is 0.455. The van der Waals surface area contributed by atoms with E-state index in [9.17, 15) is 27.9 Å². The van der Waals surface area contributed by atoms with Crippen LogP contribution in [-0.2, 0) is 10.7 Å². The van der Waals surface area contributed by atoms with Gasteiger partial charge in [-0.15, -0.1) is 0 Å². The molecule has 0 spiro atoms. The number of rotatable bonds is 4. The smallest absolute Gasteiger partial charge is 0.258 e. The largest absolute Gasteiger partial charge is 0.459 e. The zero-order valence-electron chi connectivity index (χ0n) is 11.0. The van der Waals surface area contributed by atoms with E-state index in [1.54, 1.807) is 13.8 Å². The monoisotopic (exact) mass is 309 g/mol. The standard InChI is InChI=1S/C11H13F3N2O3P/c1-7(2)15(20(3)19)10-6-8(11(12,13)14)4-5-9(10)16(17)18/h4-7H,1-3H3/q+1. The van der Waals surface area contributed by atoms with Crippen molar-refractivity contribution in [2.75, 3.05) is 11.3 Å². The summed E-state index contributed by atoms with van der Waals surface area (Å²) in [6.45, 7) is 4.49. The molecule has 1 aromatic carbocycles. The molecule has 1 unspecified atom stereocenters. The lowest BCUT2D eigenvalue weighted by atomic mass is 10.1. The topological polar surface area (TPSA) is 63.4 Å². The number of hydrogen-bond acceptors (Lipinski definition) is 3. The lowest BCUT2D eigenvalue weighted by molar-refractivity contribution is -0.384. The van der Waals surface area contributed by atoms with Crippen LogP contribution in [0.2, 0.25) is 0 Å². The Morgan fingerprint density at radius 3 is 2.25 bits per heavy atom. The first-order chi connectivity index (χ1) is 9.05. The van der Waals surface area contributed by atoms with Gasteiger partial charge in [0.05, 0.1) is 16.5 Å². The van der Waals surface area contributed by atoms with E-state index in [2.05, 4.69) is 0 Å². The molecule has 0 fully saturated rings. The van der Waals surface area contributed by atoms with Crippen molar-refractivity contribution in [2.24, 2.45) is 0 Å². The van der Waals surface area contributed by atoms with Gasteiger partial charge in [-0.1, -0.05) is 0 Å². The third-order valence-corrected chi connectivity index (χ3v) is 3.82. The Bertz CT molecular complexity index is 546. The summed E-state index contributed by atoms with van der Waals surface area (Å²) in [6.07, 6.45) is -4.62. The molecule has 0 aliphatic carbocycles. The van der Waals surface area contributed by atoms with Crippen molar-refractivity contribution in [1.29, 1.82) is 0 Å². The summed E-state index contributed by atoms with van der Waals surface area (Å²) in [7, 11) is -2.06. The summed E-state index contributed by atoms with van der Waals surface area (Å²) >= 11 is 0. The van der Waals surface area contributed by atoms with Crippen LogP contribution in [0.3, 0.4) is 0 Å². The van der Waals surface area contributed by atoms with E-state index in [1.165, 1.54) is 6.66 Å². The molecule has 0 aromatic heterocycles. The van der Waals surface area contributed by atoms with Gasteiger partial charge in [0.15, 0.2) is 12.4 Å². The summed E-state index contributed by atoms with van der Waals surface area (Å²) in [4.78, 5) is 10.1. The number of alkyl halides is 3. The van der Waals surface area contributed by atoms with Crippen molar-refractivity contribution in [3.8, 4) is 0 Å². The number of nitrogens with zero attached hydrogens (tertiary/aromatic N) is 2. The van der Waals surface area contributed by atoms with E-state index in [4.69, 9.17) is 0 Å². The zero-order valence-corrected chi connectivity index (χ0v) is 11.9. The Morgan fingerprint density at radius 2 is 1.90 bits per heavy atom. The van der Waals surface area contributed by atoms with Crippen molar-refractivity contribution in [2.45, 2.75) is 26.1 Å². The molecule has 20 heavy (non-hydrogen) atoms. The van der Waals surface area contributed by atoms with Crippen molar-refractivity contribution in [1.82, 2.24) is 0 Å². The van der Waals surface area contributed by atoms with Gasteiger partial charge in [0.1, 0.15) is 0 Å². The summed E-state index contributed by atoms with van der Waals surface area (Å²) in [5, 5.41) is 10.9. The van der Waals surface area contributed by atoms with Gasteiger partial charge in [-0.2, -0.15) is 17.8 Å². The number of halogens is 3. The second-order valence-electron chi connectivity index (χ2n) is 4.36. The van der Waals surface area contributed by atoms with Gasteiger partial charge in [0, 0.05) is 6.07 Å². The molecule has 9 heteroatoms. The molecule has 0 aliphatic rings. The van der Waals surface area contributed by atoms with Crippen molar-refractivity contribution >= 4 is 19.3 Å². The van der Waals surface area contributed by atoms with Crippen LogP contribution >= 0.6 is 7.95 Å². The molecule has 5 nitrogen and oxygen atoms in total. The van der Waals surface area contributed by atoms with E-state index in [0.717, 1.165) is 10.7 Å². The Kier molecular flexibility index (Phi) is 4.70. The van der Waals surface area contributed by atoms with Gasteiger partial charge in [0.25, 0.3) is 5.69 Å². The van der Waals surface area contributed by atoms with Crippen molar-refractivity contribution in [3.63, 3.8) is 0 Å². The Hall–Kier alpha value is -1.69. The first-order valence-corrected chi connectivity index (χ1v) is 7.27. The summed E-state index contributed by atoms with van der Waals surface area (Å²) in [6, 6.07) is 1.65. The van der Waals surface area contributed by atoms with Crippen LogP contribution < -0.4 is 4.67 Å². The lowest BCUT2D eigenvalue weighted by Gasteiger charge is -2.18. The fourth-order valence-electron chi connectivity index (χ4n) is 1.79. The van der Waals surface area contributed by atoms with Gasteiger partial charge in [-0.05, 0) is 30.5 Å². The number of nitro groups is 1. The van der Waals surface area contributed by atoms with E-state index >= 15 is 0 Å². The first-order valence-electron chi connectivity index (χ1n) is 5.61. The summed E-state index contributed by atoms with van der Waals surface area (Å²) in [5.74, 6) is 0. The molecule has 0 saturated carbocycles. The van der Waals surface area contributed by atoms with E-state index in [-0.39, 0.29) is 5.69 Å². The summed E-state index contributed by atoms with van der Waals surface area (Å²) < 4.78 is 50.9. The highest BCUT2D eigenvalue weighted by molar-refractivity contribution is 7.45. The maximum Gasteiger partial charge on any atom is 0.459 e. The second kappa shape index (κ2) is 5.75.